The van der Waals surface area contributed by atoms with E-state index in [1.807, 2.05) is 0 Å². The predicted molar refractivity (Wildman–Crippen MR) is 93.9 cm³/mol. The highest BCUT2D eigenvalue weighted by Crippen LogP contribution is 2.21. The van der Waals surface area contributed by atoms with Gasteiger partial charge in [0.05, 0.1) is 28.5 Å². The number of nitrogens with zero attached hydrogens (tertiary/aromatic N) is 1. The van der Waals surface area contributed by atoms with E-state index in [4.69, 9.17) is 0 Å². The number of hydrogen-bond acceptors (Lipinski definition) is 5. The highest BCUT2D eigenvalue weighted by atomic mass is 32.2. The van der Waals surface area contributed by atoms with Crippen molar-refractivity contribution in [3.8, 4) is 0 Å². The lowest BCUT2D eigenvalue weighted by atomic mass is 10.1. The number of hydrogen-bond donors (Lipinski definition) is 2. The molecule has 1 amide bonds. The van der Waals surface area contributed by atoms with E-state index in [2.05, 4.69) is 10.0 Å². The molecule has 0 radical (unpaired) electrons. The summed E-state index contributed by atoms with van der Waals surface area (Å²) in [6, 6.07) is 11.6. The smallest absolute Gasteiger partial charge is 0.269 e. The van der Waals surface area contributed by atoms with Crippen molar-refractivity contribution in [3.05, 3.63) is 69.8 Å². The molecule has 0 heterocycles. The molecular formula is C16H17N3O5S. The number of nitro groups is 1. The van der Waals surface area contributed by atoms with Crippen molar-refractivity contribution >= 4 is 27.3 Å². The number of amides is 1. The maximum atomic E-state index is 12.5. The molecule has 0 aliphatic heterocycles. The van der Waals surface area contributed by atoms with Gasteiger partial charge in [0, 0.05) is 12.1 Å². The third-order valence-electron chi connectivity index (χ3n) is 3.40. The fourth-order valence-electron chi connectivity index (χ4n) is 2.24. The molecule has 0 saturated carbocycles. The van der Waals surface area contributed by atoms with Gasteiger partial charge in [-0.05, 0) is 24.6 Å². The van der Waals surface area contributed by atoms with Crippen LogP contribution in [0.15, 0.2) is 48.5 Å². The van der Waals surface area contributed by atoms with Crippen molar-refractivity contribution in [2.45, 2.75) is 13.0 Å². The van der Waals surface area contributed by atoms with Crippen molar-refractivity contribution in [1.29, 1.82) is 0 Å². The second-order valence-electron chi connectivity index (χ2n) is 5.47. The summed E-state index contributed by atoms with van der Waals surface area (Å²) in [4.78, 5) is 22.8. The topological polar surface area (TPSA) is 118 Å². The van der Waals surface area contributed by atoms with E-state index in [1.165, 1.54) is 30.3 Å². The van der Waals surface area contributed by atoms with Crippen LogP contribution in [0.1, 0.15) is 28.9 Å². The predicted octanol–water partition coefficient (Wildman–Crippen LogP) is 2.46. The quantitative estimate of drug-likeness (QED) is 0.604. The molecule has 2 rings (SSSR count). The van der Waals surface area contributed by atoms with Gasteiger partial charge < -0.3 is 5.32 Å². The van der Waals surface area contributed by atoms with Gasteiger partial charge in [0.2, 0.25) is 10.0 Å². The third kappa shape index (κ3) is 5.01. The highest BCUT2D eigenvalue weighted by molar-refractivity contribution is 7.92. The van der Waals surface area contributed by atoms with Gasteiger partial charge in [0.15, 0.2) is 0 Å². The van der Waals surface area contributed by atoms with Crippen LogP contribution >= 0.6 is 0 Å². The summed E-state index contributed by atoms with van der Waals surface area (Å²) in [6.07, 6.45) is 0.993. The fraction of sp³-hybridized carbons (Fsp3) is 0.188. The Morgan fingerprint density at radius 2 is 1.84 bits per heavy atom. The summed E-state index contributed by atoms with van der Waals surface area (Å²) in [5, 5.41) is 13.6. The van der Waals surface area contributed by atoms with Gasteiger partial charge >= 0.3 is 0 Å². The molecule has 0 aliphatic carbocycles. The van der Waals surface area contributed by atoms with E-state index in [0.29, 0.717) is 5.56 Å². The SMILES string of the molecule is CC(NC(=O)c1ccccc1NS(C)(=O)=O)c1cccc([N+](=O)[O-])c1. The van der Waals surface area contributed by atoms with Crippen LogP contribution < -0.4 is 10.0 Å². The number of para-hydroxylation sites is 1. The number of non-ortho nitro benzene ring substituents is 1. The lowest BCUT2D eigenvalue weighted by Gasteiger charge is -2.16. The Bertz CT molecular complexity index is 911. The molecule has 0 aliphatic rings. The van der Waals surface area contributed by atoms with Gasteiger partial charge in [-0.2, -0.15) is 0 Å². The van der Waals surface area contributed by atoms with E-state index in [9.17, 15) is 23.3 Å². The Morgan fingerprint density at radius 1 is 1.16 bits per heavy atom. The van der Waals surface area contributed by atoms with E-state index in [-0.39, 0.29) is 16.9 Å². The number of nitro benzene ring substituents is 1. The first-order valence-corrected chi connectivity index (χ1v) is 9.18. The van der Waals surface area contributed by atoms with Crippen LogP contribution in [0.3, 0.4) is 0 Å². The van der Waals surface area contributed by atoms with E-state index >= 15 is 0 Å². The normalized spacial score (nSPS) is 12.2. The van der Waals surface area contributed by atoms with Crippen LogP contribution in [0, 0.1) is 10.1 Å². The molecule has 8 nitrogen and oxygen atoms in total. The second-order valence-corrected chi connectivity index (χ2v) is 7.22. The van der Waals surface area contributed by atoms with Crippen molar-refractivity contribution in [2.75, 3.05) is 11.0 Å². The first-order valence-electron chi connectivity index (χ1n) is 7.29. The molecule has 2 aromatic carbocycles. The van der Waals surface area contributed by atoms with Gasteiger partial charge in [0.1, 0.15) is 0 Å². The number of carbonyl (C=O) groups excluding carboxylic acids is 1. The molecular weight excluding hydrogens is 346 g/mol. The zero-order chi connectivity index (χ0) is 18.6. The number of benzene rings is 2. The summed E-state index contributed by atoms with van der Waals surface area (Å²) < 4.78 is 25.1. The van der Waals surface area contributed by atoms with Crippen molar-refractivity contribution in [2.24, 2.45) is 0 Å². The van der Waals surface area contributed by atoms with Crippen molar-refractivity contribution in [1.82, 2.24) is 5.32 Å². The molecule has 2 N–H and O–H groups in total. The van der Waals surface area contributed by atoms with Gasteiger partial charge in [-0.3, -0.25) is 19.6 Å². The molecule has 132 valence electrons. The molecule has 2 aromatic rings. The molecule has 0 saturated heterocycles. The van der Waals surface area contributed by atoms with Crippen LogP contribution in [0.5, 0.6) is 0 Å². The average molecular weight is 363 g/mol. The Labute approximate surface area is 145 Å². The van der Waals surface area contributed by atoms with Gasteiger partial charge in [-0.15, -0.1) is 0 Å². The summed E-state index contributed by atoms with van der Waals surface area (Å²) in [7, 11) is -3.53. The molecule has 9 heteroatoms. The van der Waals surface area contributed by atoms with Crippen LogP contribution in [0.4, 0.5) is 11.4 Å². The minimum Gasteiger partial charge on any atom is -0.345 e. The third-order valence-corrected chi connectivity index (χ3v) is 3.99. The standard InChI is InChI=1S/C16H17N3O5S/c1-11(12-6-5-7-13(10-12)19(21)22)17-16(20)14-8-3-4-9-15(14)18-25(2,23)24/h3-11,18H,1-2H3,(H,17,20). The maximum Gasteiger partial charge on any atom is 0.269 e. The highest BCUT2D eigenvalue weighted by Gasteiger charge is 2.17. The zero-order valence-corrected chi connectivity index (χ0v) is 14.4. The molecule has 0 bridgehead atoms. The minimum absolute atomic E-state index is 0.0715. The van der Waals surface area contributed by atoms with Crippen molar-refractivity contribution in [3.63, 3.8) is 0 Å². The number of rotatable bonds is 6. The zero-order valence-electron chi connectivity index (χ0n) is 13.6. The lowest BCUT2D eigenvalue weighted by Crippen LogP contribution is -2.28. The Kier molecular flexibility index (Phi) is 5.38. The first-order chi connectivity index (χ1) is 11.7. The van der Waals surface area contributed by atoms with Crippen LogP contribution in [-0.2, 0) is 10.0 Å². The van der Waals surface area contributed by atoms with Gasteiger partial charge in [-0.25, -0.2) is 8.42 Å². The Morgan fingerprint density at radius 3 is 2.48 bits per heavy atom. The van der Waals surface area contributed by atoms with Crippen LogP contribution in [-0.4, -0.2) is 25.5 Å². The largest absolute Gasteiger partial charge is 0.345 e. The second kappa shape index (κ2) is 7.31. The number of anilines is 1. The van der Waals surface area contributed by atoms with E-state index in [1.54, 1.807) is 25.1 Å². The summed E-state index contributed by atoms with van der Waals surface area (Å²) in [5.74, 6) is -0.495. The first kappa shape index (κ1) is 18.4. The monoisotopic (exact) mass is 363 g/mol. The van der Waals surface area contributed by atoms with Gasteiger partial charge in [0.25, 0.3) is 11.6 Å². The molecule has 0 aromatic heterocycles. The maximum absolute atomic E-state index is 12.5. The Balaban J connectivity index is 2.22. The molecule has 1 atom stereocenters. The summed E-state index contributed by atoms with van der Waals surface area (Å²) >= 11 is 0. The summed E-state index contributed by atoms with van der Waals surface area (Å²) in [6.45, 7) is 1.68. The lowest BCUT2D eigenvalue weighted by molar-refractivity contribution is -0.384. The van der Waals surface area contributed by atoms with Crippen LogP contribution in [0.25, 0.3) is 0 Å². The van der Waals surface area contributed by atoms with E-state index in [0.717, 1.165) is 6.26 Å². The molecule has 0 spiro atoms. The minimum atomic E-state index is -3.53. The number of sulfonamides is 1. The Hall–Kier alpha value is -2.94. The molecule has 25 heavy (non-hydrogen) atoms. The van der Waals surface area contributed by atoms with E-state index < -0.39 is 26.9 Å². The number of nitrogens with one attached hydrogen (secondary N) is 2. The molecule has 0 fully saturated rings. The van der Waals surface area contributed by atoms with Crippen LogP contribution in [0.2, 0.25) is 0 Å². The fourth-order valence-corrected chi connectivity index (χ4v) is 2.81. The summed E-state index contributed by atoms with van der Waals surface area (Å²) in [5.41, 5.74) is 0.813. The average Bonchev–Trinajstić information content (AvgIpc) is 2.53. The number of carbonyl (C=O) groups is 1. The van der Waals surface area contributed by atoms with Gasteiger partial charge in [-0.1, -0.05) is 24.3 Å². The van der Waals surface area contributed by atoms with Crippen molar-refractivity contribution < 1.29 is 18.1 Å². The molecule has 1 unspecified atom stereocenters.